The molecular formula is C11H12BrCl2NO. The molecular weight excluding hydrogens is 313 g/mol. The summed E-state index contributed by atoms with van der Waals surface area (Å²) in [5.74, 6) is 0.104. The third kappa shape index (κ3) is 3.37. The number of rotatable bonds is 3. The molecule has 0 aliphatic carbocycles. The zero-order valence-corrected chi connectivity index (χ0v) is 12.1. The summed E-state index contributed by atoms with van der Waals surface area (Å²) in [6, 6.07) is 5.28. The molecule has 0 spiro atoms. The lowest BCUT2D eigenvalue weighted by molar-refractivity contribution is -0.122. The van der Waals surface area contributed by atoms with E-state index in [9.17, 15) is 4.79 Å². The van der Waals surface area contributed by atoms with Crippen LogP contribution in [-0.2, 0) is 4.79 Å². The van der Waals surface area contributed by atoms with Crippen LogP contribution in [0.4, 0.5) is 5.69 Å². The third-order valence-corrected chi connectivity index (χ3v) is 3.62. The Morgan fingerprint density at radius 1 is 1.50 bits per heavy atom. The predicted molar refractivity (Wildman–Crippen MR) is 72.3 cm³/mol. The van der Waals surface area contributed by atoms with Crippen LogP contribution < -0.4 is 5.32 Å². The van der Waals surface area contributed by atoms with Crippen LogP contribution in [0.2, 0.25) is 5.02 Å². The summed E-state index contributed by atoms with van der Waals surface area (Å²) >= 11 is 15.0. The van der Waals surface area contributed by atoms with E-state index in [0.29, 0.717) is 10.7 Å². The maximum Gasteiger partial charge on any atom is 0.231 e. The van der Waals surface area contributed by atoms with E-state index in [-0.39, 0.29) is 11.8 Å². The van der Waals surface area contributed by atoms with Gasteiger partial charge in [0.1, 0.15) is 0 Å². The molecule has 16 heavy (non-hydrogen) atoms. The lowest BCUT2D eigenvalue weighted by Crippen LogP contribution is -2.32. The van der Waals surface area contributed by atoms with Crippen LogP contribution in [0.25, 0.3) is 0 Å². The van der Waals surface area contributed by atoms with Crippen molar-refractivity contribution < 1.29 is 4.79 Å². The zero-order chi connectivity index (χ0) is 12.3. The molecule has 5 heteroatoms. The third-order valence-electron chi connectivity index (χ3n) is 2.13. The van der Waals surface area contributed by atoms with Gasteiger partial charge >= 0.3 is 0 Å². The highest BCUT2D eigenvalue weighted by molar-refractivity contribution is 9.10. The van der Waals surface area contributed by atoms with Gasteiger partial charge in [-0.1, -0.05) is 27.5 Å². The number of carbonyl (C=O) groups excluding carboxylic acids is 1. The molecule has 1 aromatic rings. The number of alkyl halides is 1. The summed E-state index contributed by atoms with van der Waals surface area (Å²) in [7, 11) is 0. The number of halogens is 3. The van der Waals surface area contributed by atoms with E-state index in [1.807, 2.05) is 6.07 Å². The van der Waals surface area contributed by atoms with E-state index >= 15 is 0 Å². The van der Waals surface area contributed by atoms with Gasteiger partial charge in [-0.05, 0) is 32.0 Å². The van der Waals surface area contributed by atoms with Gasteiger partial charge in [0.25, 0.3) is 0 Å². The van der Waals surface area contributed by atoms with Crippen LogP contribution in [0.15, 0.2) is 22.7 Å². The summed E-state index contributed by atoms with van der Waals surface area (Å²) < 4.78 is 0.857. The molecule has 0 saturated heterocycles. The molecule has 1 aromatic carbocycles. The van der Waals surface area contributed by atoms with Crippen LogP contribution >= 0.6 is 39.1 Å². The molecule has 0 heterocycles. The molecule has 0 radical (unpaired) electrons. The average molecular weight is 325 g/mol. The molecule has 0 saturated carbocycles. The summed E-state index contributed by atoms with van der Waals surface area (Å²) in [4.78, 5) is 11.9. The van der Waals surface area contributed by atoms with E-state index in [0.717, 1.165) is 4.47 Å². The monoisotopic (exact) mass is 323 g/mol. The van der Waals surface area contributed by atoms with Gasteiger partial charge in [-0.25, -0.2) is 0 Å². The van der Waals surface area contributed by atoms with Gasteiger partial charge in [0.15, 0.2) is 0 Å². The Morgan fingerprint density at radius 3 is 2.69 bits per heavy atom. The first-order valence-electron chi connectivity index (χ1n) is 4.69. The lowest BCUT2D eigenvalue weighted by Gasteiger charge is -2.20. The zero-order valence-electron chi connectivity index (χ0n) is 8.98. The first-order chi connectivity index (χ1) is 7.36. The van der Waals surface area contributed by atoms with Crippen molar-refractivity contribution in [3.8, 4) is 0 Å². The molecule has 0 atom stereocenters. The standard InChI is InChI=1S/C11H12BrCl2NO/c1-11(2,6-13)10(16)15-9-5-7(12)3-4-8(9)14/h3-5H,6H2,1-2H3,(H,15,16). The van der Waals surface area contributed by atoms with Crippen molar-refractivity contribution in [2.75, 3.05) is 11.2 Å². The maximum absolute atomic E-state index is 11.9. The van der Waals surface area contributed by atoms with Crippen molar-refractivity contribution in [1.82, 2.24) is 0 Å². The Hall–Kier alpha value is -0.250. The number of amides is 1. The largest absolute Gasteiger partial charge is 0.324 e. The number of benzene rings is 1. The molecule has 0 aliphatic heterocycles. The fourth-order valence-corrected chi connectivity index (χ4v) is 1.59. The Bertz CT molecular complexity index is 407. The summed E-state index contributed by atoms with van der Waals surface area (Å²) in [6.45, 7) is 3.56. The molecule has 1 N–H and O–H groups in total. The van der Waals surface area contributed by atoms with Gasteiger partial charge < -0.3 is 5.32 Å². The molecule has 0 aromatic heterocycles. The highest BCUT2D eigenvalue weighted by Crippen LogP contribution is 2.28. The molecule has 0 bridgehead atoms. The molecule has 88 valence electrons. The van der Waals surface area contributed by atoms with Crippen molar-refractivity contribution >= 4 is 50.7 Å². The van der Waals surface area contributed by atoms with Crippen molar-refractivity contribution in [3.63, 3.8) is 0 Å². The number of hydrogen-bond acceptors (Lipinski definition) is 1. The molecule has 1 amide bonds. The Morgan fingerprint density at radius 2 is 2.12 bits per heavy atom. The topological polar surface area (TPSA) is 29.1 Å². The van der Waals surface area contributed by atoms with Crippen LogP contribution in [0.5, 0.6) is 0 Å². The van der Waals surface area contributed by atoms with Crippen LogP contribution in [-0.4, -0.2) is 11.8 Å². The van der Waals surface area contributed by atoms with Crippen LogP contribution in [0.1, 0.15) is 13.8 Å². The highest BCUT2D eigenvalue weighted by Gasteiger charge is 2.26. The molecule has 2 nitrogen and oxygen atoms in total. The van der Waals surface area contributed by atoms with Gasteiger partial charge in [-0.3, -0.25) is 4.79 Å². The summed E-state index contributed by atoms with van der Waals surface area (Å²) in [5.41, 5.74) is -0.0352. The van der Waals surface area contributed by atoms with Gasteiger partial charge in [0, 0.05) is 10.4 Å². The van der Waals surface area contributed by atoms with E-state index in [2.05, 4.69) is 21.2 Å². The van der Waals surface area contributed by atoms with Crippen molar-refractivity contribution in [2.45, 2.75) is 13.8 Å². The smallest absolute Gasteiger partial charge is 0.231 e. The second-order valence-electron chi connectivity index (χ2n) is 4.10. The molecule has 0 aliphatic rings. The highest BCUT2D eigenvalue weighted by atomic mass is 79.9. The van der Waals surface area contributed by atoms with E-state index in [1.165, 1.54) is 0 Å². The summed E-state index contributed by atoms with van der Waals surface area (Å²) in [6.07, 6.45) is 0. The number of anilines is 1. The Labute approximate surface area is 113 Å². The second-order valence-corrected chi connectivity index (χ2v) is 5.69. The van der Waals surface area contributed by atoms with Crippen molar-refractivity contribution in [3.05, 3.63) is 27.7 Å². The average Bonchev–Trinajstić information content (AvgIpc) is 2.23. The predicted octanol–water partition coefficient (Wildman–Crippen LogP) is 4.31. The minimum absolute atomic E-state index is 0.150. The van der Waals surface area contributed by atoms with E-state index in [1.54, 1.807) is 26.0 Å². The van der Waals surface area contributed by atoms with E-state index in [4.69, 9.17) is 23.2 Å². The maximum atomic E-state index is 11.9. The van der Waals surface area contributed by atoms with Gasteiger partial charge in [0.2, 0.25) is 5.91 Å². The first-order valence-corrected chi connectivity index (χ1v) is 6.40. The lowest BCUT2D eigenvalue weighted by atomic mass is 9.95. The number of carbonyl (C=O) groups is 1. The van der Waals surface area contributed by atoms with Gasteiger partial charge in [0.05, 0.1) is 16.1 Å². The Balaban J connectivity index is 2.89. The van der Waals surface area contributed by atoms with Gasteiger partial charge in [-0.2, -0.15) is 0 Å². The first kappa shape index (κ1) is 13.8. The quantitative estimate of drug-likeness (QED) is 0.825. The van der Waals surface area contributed by atoms with E-state index < -0.39 is 5.41 Å². The number of nitrogens with one attached hydrogen (secondary N) is 1. The minimum Gasteiger partial charge on any atom is -0.324 e. The Kier molecular flexibility index (Phi) is 4.65. The molecule has 0 unspecified atom stereocenters. The fraction of sp³-hybridized carbons (Fsp3) is 0.364. The van der Waals surface area contributed by atoms with Crippen LogP contribution in [0.3, 0.4) is 0 Å². The molecule has 0 fully saturated rings. The van der Waals surface area contributed by atoms with Crippen LogP contribution in [0, 0.1) is 5.41 Å². The number of hydrogen-bond donors (Lipinski definition) is 1. The fourth-order valence-electron chi connectivity index (χ4n) is 0.945. The molecule has 1 rings (SSSR count). The SMILES string of the molecule is CC(C)(CCl)C(=O)Nc1cc(Br)ccc1Cl. The normalized spacial score (nSPS) is 11.3. The van der Waals surface area contributed by atoms with Gasteiger partial charge in [-0.15, -0.1) is 11.6 Å². The van der Waals surface area contributed by atoms with Crippen molar-refractivity contribution in [2.24, 2.45) is 5.41 Å². The van der Waals surface area contributed by atoms with Crippen molar-refractivity contribution in [1.29, 1.82) is 0 Å². The minimum atomic E-state index is -0.618. The second kappa shape index (κ2) is 5.39. The summed E-state index contributed by atoms with van der Waals surface area (Å²) in [5, 5.41) is 3.26.